The molecule has 0 fully saturated rings. The molecule has 0 spiro atoms. The molecule has 3 rings (SSSR count). The summed E-state index contributed by atoms with van der Waals surface area (Å²) in [6.45, 7) is 5.91. The Morgan fingerprint density at radius 3 is 2.81 bits per heavy atom. The lowest BCUT2D eigenvalue weighted by Gasteiger charge is -2.09. The van der Waals surface area contributed by atoms with Crippen LogP contribution in [-0.4, -0.2) is 38.4 Å². The maximum absolute atomic E-state index is 12.2. The summed E-state index contributed by atoms with van der Waals surface area (Å²) in [5, 5.41) is 8.23. The van der Waals surface area contributed by atoms with Crippen LogP contribution in [0.25, 0.3) is 5.78 Å². The highest BCUT2D eigenvalue weighted by Gasteiger charge is 2.14. The fraction of sp³-hybridized carbons (Fsp3) is 0.294. The van der Waals surface area contributed by atoms with Gasteiger partial charge in [-0.15, -0.1) is 5.10 Å². The van der Waals surface area contributed by atoms with Crippen molar-refractivity contribution < 1.29 is 9.53 Å². The first-order chi connectivity index (χ1) is 12.4. The van der Waals surface area contributed by atoms with Crippen molar-refractivity contribution in [2.75, 3.05) is 18.2 Å². The van der Waals surface area contributed by atoms with E-state index >= 15 is 0 Å². The van der Waals surface area contributed by atoms with Crippen LogP contribution < -0.4 is 10.1 Å². The number of carbonyl (C=O) groups is 1. The normalized spacial score (nSPS) is 11.0. The number of ether oxygens (including phenoxy) is 1. The number of nitrogens with zero attached hydrogens (tertiary/aromatic N) is 4. The van der Waals surface area contributed by atoms with Gasteiger partial charge in [0.2, 0.25) is 11.1 Å². The number of aryl methyl sites for hydroxylation is 2. The molecular formula is C17H18ClN5O2S. The molecule has 26 heavy (non-hydrogen) atoms. The molecule has 0 unspecified atom stereocenters. The van der Waals surface area contributed by atoms with E-state index in [9.17, 15) is 4.79 Å². The maximum atomic E-state index is 12.2. The van der Waals surface area contributed by atoms with Gasteiger partial charge in [0, 0.05) is 16.4 Å². The lowest BCUT2D eigenvalue weighted by Crippen LogP contribution is -2.14. The van der Waals surface area contributed by atoms with Crippen LogP contribution in [-0.2, 0) is 4.79 Å². The Hall–Kier alpha value is -2.32. The molecule has 9 heteroatoms. The number of benzene rings is 1. The smallest absolute Gasteiger partial charge is 0.253 e. The summed E-state index contributed by atoms with van der Waals surface area (Å²) >= 11 is 7.22. The van der Waals surface area contributed by atoms with Crippen molar-refractivity contribution >= 4 is 40.7 Å². The Bertz CT molecular complexity index is 989. The number of methoxy groups -OCH3 is 1. The van der Waals surface area contributed by atoms with Crippen molar-refractivity contribution in [2.24, 2.45) is 0 Å². The summed E-state index contributed by atoms with van der Waals surface area (Å²) in [5.41, 5.74) is 3.51. The Kier molecular flexibility index (Phi) is 5.33. The number of amides is 1. The van der Waals surface area contributed by atoms with Crippen LogP contribution in [0, 0.1) is 20.8 Å². The molecule has 0 aliphatic rings. The zero-order valence-corrected chi connectivity index (χ0v) is 16.4. The van der Waals surface area contributed by atoms with E-state index in [1.807, 2.05) is 20.8 Å². The standard InChI is InChI=1S/C17H18ClN5O2S/c1-9-10(2)19-16-21-17(22-23(16)11(9)3)26-8-15(24)20-13-7-12(18)5-6-14(13)25-4/h5-7H,8H2,1-4H3,(H,20,24). The topological polar surface area (TPSA) is 81.4 Å². The summed E-state index contributed by atoms with van der Waals surface area (Å²) in [4.78, 5) is 21.1. The number of thioether (sulfide) groups is 1. The summed E-state index contributed by atoms with van der Waals surface area (Å²) in [6.07, 6.45) is 0. The average Bonchev–Trinajstić information content (AvgIpc) is 3.01. The van der Waals surface area contributed by atoms with Crippen LogP contribution in [0.5, 0.6) is 5.75 Å². The quantitative estimate of drug-likeness (QED) is 0.671. The molecule has 0 bridgehead atoms. The molecule has 3 aromatic rings. The van der Waals surface area contributed by atoms with E-state index in [4.69, 9.17) is 16.3 Å². The van der Waals surface area contributed by atoms with Crippen LogP contribution in [0.4, 0.5) is 5.69 Å². The molecule has 0 radical (unpaired) electrons. The minimum atomic E-state index is -0.202. The van der Waals surface area contributed by atoms with Crippen molar-refractivity contribution in [3.8, 4) is 5.75 Å². The first kappa shape index (κ1) is 18.5. The van der Waals surface area contributed by atoms with E-state index in [-0.39, 0.29) is 11.7 Å². The molecule has 1 N–H and O–H groups in total. The molecule has 7 nitrogen and oxygen atoms in total. The highest BCUT2D eigenvalue weighted by molar-refractivity contribution is 7.99. The number of aromatic nitrogens is 4. The number of hydrogen-bond acceptors (Lipinski definition) is 6. The van der Waals surface area contributed by atoms with Gasteiger partial charge in [0.25, 0.3) is 5.78 Å². The van der Waals surface area contributed by atoms with E-state index in [1.165, 1.54) is 18.9 Å². The van der Waals surface area contributed by atoms with Crippen LogP contribution in [0.2, 0.25) is 5.02 Å². The monoisotopic (exact) mass is 391 g/mol. The molecule has 136 valence electrons. The van der Waals surface area contributed by atoms with Gasteiger partial charge in [0.15, 0.2) is 0 Å². The Morgan fingerprint density at radius 2 is 2.08 bits per heavy atom. The number of anilines is 1. The molecule has 0 aliphatic heterocycles. The first-order valence-electron chi connectivity index (χ1n) is 7.86. The van der Waals surface area contributed by atoms with Gasteiger partial charge in [-0.3, -0.25) is 4.79 Å². The fourth-order valence-electron chi connectivity index (χ4n) is 2.39. The maximum Gasteiger partial charge on any atom is 0.253 e. The van der Waals surface area contributed by atoms with Crippen molar-refractivity contribution in [2.45, 2.75) is 25.9 Å². The zero-order chi connectivity index (χ0) is 18.8. The van der Waals surface area contributed by atoms with Crippen molar-refractivity contribution in [3.05, 3.63) is 40.2 Å². The number of nitrogens with one attached hydrogen (secondary N) is 1. The molecule has 1 aromatic carbocycles. The van der Waals surface area contributed by atoms with Gasteiger partial charge >= 0.3 is 0 Å². The Balaban J connectivity index is 1.71. The van der Waals surface area contributed by atoms with E-state index in [2.05, 4.69) is 20.4 Å². The number of rotatable bonds is 5. The minimum absolute atomic E-state index is 0.156. The average molecular weight is 392 g/mol. The van der Waals surface area contributed by atoms with Crippen LogP contribution in [0.1, 0.15) is 17.0 Å². The number of halogens is 1. The number of fused-ring (bicyclic) bond motifs is 1. The van der Waals surface area contributed by atoms with E-state index in [0.29, 0.717) is 27.4 Å². The third-order valence-corrected chi connectivity index (χ3v) is 5.08. The summed E-state index contributed by atoms with van der Waals surface area (Å²) < 4.78 is 6.92. The van der Waals surface area contributed by atoms with E-state index in [0.717, 1.165) is 17.0 Å². The Labute approximate surface area is 160 Å². The minimum Gasteiger partial charge on any atom is -0.495 e. The molecule has 0 aliphatic carbocycles. The van der Waals surface area contributed by atoms with Gasteiger partial charge in [0.05, 0.1) is 18.6 Å². The van der Waals surface area contributed by atoms with Gasteiger partial charge in [-0.05, 0) is 44.5 Å². The van der Waals surface area contributed by atoms with Crippen LogP contribution >= 0.6 is 23.4 Å². The highest BCUT2D eigenvalue weighted by Crippen LogP contribution is 2.28. The second kappa shape index (κ2) is 7.51. The predicted molar refractivity (Wildman–Crippen MR) is 102 cm³/mol. The predicted octanol–water partition coefficient (Wildman–Crippen LogP) is 3.44. The van der Waals surface area contributed by atoms with E-state index in [1.54, 1.807) is 22.7 Å². The number of carbonyl (C=O) groups excluding carboxylic acids is 1. The second-order valence-corrected chi connectivity index (χ2v) is 7.07. The lowest BCUT2D eigenvalue weighted by molar-refractivity contribution is -0.113. The van der Waals surface area contributed by atoms with Gasteiger partial charge in [-0.25, -0.2) is 9.50 Å². The highest BCUT2D eigenvalue weighted by atomic mass is 35.5. The Morgan fingerprint density at radius 1 is 1.31 bits per heavy atom. The molecule has 0 saturated carbocycles. The largest absolute Gasteiger partial charge is 0.495 e. The molecule has 0 atom stereocenters. The first-order valence-corrected chi connectivity index (χ1v) is 9.22. The van der Waals surface area contributed by atoms with Gasteiger partial charge < -0.3 is 10.1 Å². The third-order valence-electron chi connectivity index (χ3n) is 4.01. The van der Waals surface area contributed by atoms with Crippen LogP contribution in [0.15, 0.2) is 23.4 Å². The SMILES string of the molecule is COc1ccc(Cl)cc1NC(=O)CSc1nc2nc(C)c(C)c(C)n2n1. The molecule has 2 heterocycles. The summed E-state index contributed by atoms with van der Waals surface area (Å²) in [6, 6.07) is 5.05. The third kappa shape index (κ3) is 3.76. The molecular weight excluding hydrogens is 374 g/mol. The van der Waals surface area contributed by atoms with Crippen molar-refractivity contribution in [1.82, 2.24) is 19.6 Å². The molecule has 1 amide bonds. The van der Waals surface area contributed by atoms with Crippen molar-refractivity contribution in [3.63, 3.8) is 0 Å². The second-order valence-electron chi connectivity index (χ2n) is 5.70. The van der Waals surface area contributed by atoms with Crippen molar-refractivity contribution in [1.29, 1.82) is 0 Å². The van der Waals surface area contributed by atoms with Gasteiger partial charge in [0.1, 0.15) is 5.75 Å². The number of hydrogen-bond donors (Lipinski definition) is 1. The lowest BCUT2D eigenvalue weighted by atomic mass is 10.2. The summed E-state index contributed by atoms with van der Waals surface area (Å²) in [7, 11) is 1.54. The zero-order valence-electron chi connectivity index (χ0n) is 14.8. The fourth-order valence-corrected chi connectivity index (χ4v) is 3.18. The molecule has 2 aromatic heterocycles. The van der Waals surface area contributed by atoms with Gasteiger partial charge in [-0.2, -0.15) is 4.98 Å². The van der Waals surface area contributed by atoms with Gasteiger partial charge in [-0.1, -0.05) is 23.4 Å². The van der Waals surface area contributed by atoms with Crippen LogP contribution in [0.3, 0.4) is 0 Å². The molecule has 0 saturated heterocycles. The van der Waals surface area contributed by atoms with E-state index < -0.39 is 0 Å². The summed E-state index contributed by atoms with van der Waals surface area (Å²) in [5.74, 6) is 1.03.